The van der Waals surface area contributed by atoms with Crippen molar-refractivity contribution in [2.24, 2.45) is 16.0 Å². The lowest BCUT2D eigenvalue weighted by atomic mass is 9.98. The van der Waals surface area contributed by atoms with E-state index in [2.05, 4.69) is 14.3 Å². The van der Waals surface area contributed by atoms with Crippen molar-refractivity contribution in [1.29, 1.82) is 0 Å². The van der Waals surface area contributed by atoms with Gasteiger partial charge in [-0.05, 0) is 36.6 Å². The first-order valence-corrected chi connectivity index (χ1v) is 12.1. The van der Waals surface area contributed by atoms with E-state index in [9.17, 15) is 13.2 Å². The van der Waals surface area contributed by atoms with E-state index in [0.717, 1.165) is 31.7 Å². The molecular formula is C22H27N5O4S. The molecule has 9 nitrogen and oxygen atoms in total. The molecule has 0 aliphatic carbocycles. The van der Waals surface area contributed by atoms with Gasteiger partial charge in [0, 0.05) is 39.3 Å². The van der Waals surface area contributed by atoms with Crippen molar-refractivity contribution in [2.45, 2.75) is 18.6 Å². The molecule has 2 aliphatic heterocycles. The third-order valence-corrected chi connectivity index (χ3v) is 6.81. The van der Waals surface area contributed by atoms with E-state index in [4.69, 9.17) is 10.5 Å². The molecule has 2 aliphatic rings. The Labute approximate surface area is 188 Å². The van der Waals surface area contributed by atoms with Crippen molar-refractivity contribution in [3.8, 4) is 5.75 Å². The van der Waals surface area contributed by atoms with Crippen LogP contribution in [-0.4, -0.2) is 63.8 Å². The van der Waals surface area contributed by atoms with Gasteiger partial charge in [0.1, 0.15) is 17.4 Å². The summed E-state index contributed by atoms with van der Waals surface area (Å²) in [6, 6.07) is 8.99. The number of sulfonamides is 1. The second-order valence-electron chi connectivity index (χ2n) is 8.36. The van der Waals surface area contributed by atoms with Crippen LogP contribution in [0.2, 0.25) is 0 Å². The number of anilines is 1. The molecule has 3 heterocycles. The van der Waals surface area contributed by atoms with E-state index in [1.807, 2.05) is 6.07 Å². The van der Waals surface area contributed by atoms with Gasteiger partial charge in [-0.2, -0.15) is 0 Å². The summed E-state index contributed by atoms with van der Waals surface area (Å²) in [5.74, 6) is 1.40. The first kappa shape index (κ1) is 22.1. The zero-order valence-corrected chi connectivity index (χ0v) is 19.0. The third kappa shape index (κ3) is 4.69. The Morgan fingerprint density at radius 3 is 2.81 bits per heavy atom. The highest BCUT2D eigenvalue weighted by molar-refractivity contribution is 7.89. The van der Waals surface area contributed by atoms with Gasteiger partial charge in [-0.3, -0.25) is 4.79 Å². The van der Waals surface area contributed by atoms with Crippen LogP contribution in [0.3, 0.4) is 0 Å². The highest BCUT2D eigenvalue weighted by atomic mass is 32.2. The topological polar surface area (TPSA) is 118 Å². The average molecular weight is 458 g/mol. The standard InChI is InChI=1S/C22H27N5O4S/c1-26(2)22(28)16-8-9-19(24-11-16)27-10-4-5-15(12-27)13-31-18-7-3-6-17-14-32(29,30)25-21(23)20(17)18/h3,6-9,11,15H,4-5,10,12-14H2,1-2H3,(H2,23,25)/t15-/m0/s1. The fourth-order valence-electron chi connectivity index (χ4n) is 4.11. The molecule has 1 atom stereocenters. The van der Waals surface area contributed by atoms with Gasteiger partial charge in [0.15, 0.2) is 0 Å². The van der Waals surface area contributed by atoms with Crippen molar-refractivity contribution >= 4 is 27.6 Å². The van der Waals surface area contributed by atoms with Crippen LogP contribution in [0.5, 0.6) is 5.75 Å². The molecule has 0 unspecified atom stereocenters. The second-order valence-corrected chi connectivity index (χ2v) is 10.00. The smallest absolute Gasteiger partial charge is 0.259 e. The molecule has 1 aromatic carbocycles. The van der Waals surface area contributed by atoms with E-state index in [1.54, 1.807) is 44.6 Å². The van der Waals surface area contributed by atoms with Gasteiger partial charge in [0.25, 0.3) is 15.9 Å². The van der Waals surface area contributed by atoms with Gasteiger partial charge >= 0.3 is 0 Å². The Morgan fingerprint density at radius 2 is 2.09 bits per heavy atom. The predicted octanol–water partition coefficient (Wildman–Crippen LogP) is 1.63. The Hall–Kier alpha value is -3.14. The number of hydrogen-bond donors (Lipinski definition) is 1. The number of benzene rings is 1. The lowest BCUT2D eigenvalue weighted by molar-refractivity contribution is 0.0827. The maximum absolute atomic E-state index is 12.1. The third-order valence-electron chi connectivity index (χ3n) is 5.66. The summed E-state index contributed by atoms with van der Waals surface area (Å²) in [4.78, 5) is 20.3. The van der Waals surface area contributed by atoms with Crippen LogP contribution in [0.4, 0.5) is 5.82 Å². The number of hydrogen-bond acceptors (Lipinski definition) is 7. The van der Waals surface area contributed by atoms with Gasteiger partial charge in [0.2, 0.25) is 0 Å². The van der Waals surface area contributed by atoms with E-state index < -0.39 is 10.0 Å². The molecule has 4 rings (SSSR count). The number of piperidine rings is 1. The number of amidine groups is 1. The average Bonchev–Trinajstić information content (AvgIpc) is 2.76. The number of nitrogens with two attached hydrogens (primary N) is 1. The minimum atomic E-state index is -3.58. The highest BCUT2D eigenvalue weighted by Crippen LogP contribution is 2.29. The van der Waals surface area contributed by atoms with Gasteiger partial charge in [-0.25, -0.2) is 13.4 Å². The number of pyridine rings is 1. The molecule has 32 heavy (non-hydrogen) atoms. The predicted molar refractivity (Wildman–Crippen MR) is 122 cm³/mol. The molecule has 0 spiro atoms. The van der Waals surface area contributed by atoms with Crippen LogP contribution in [0.1, 0.15) is 34.3 Å². The molecule has 170 valence electrons. The normalized spacial score (nSPS) is 19.6. The largest absolute Gasteiger partial charge is 0.492 e. The minimum Gasteiger partial charge on any atom is -0.492 e. The summed E-state index contributed by atoms with van der Waals surface area (Å²) in [5, 5.41) is 0. The Kier molecular flexibility index (Phi) is 6.05. The van der Waals surface area contributed by atoms with Gasteiger partial charge in [-0.15, -0.1) is 4.40 Å². The molecule has 1 aromatic heterocycles. The summed E-state index contributed by atoms with van der Waals surface area (Å²) in [6.07, 6.45) is 3.63. The zero-order chi connectivity index (χ0) is 22.9. The number of amides is 1. The number of rotatable bonds is 5. The second kappa shape index (κ2) is 8.78. The highest BCUT2D eigenvalue weighted by Gasteiger charge is 2.27. The molecule has 1 fully saturated rings. The van der Waals surface area contributed by atoms with Gasteiger partial charge < -0.3 is 20.3 Å². The van der Waals surface area contributed by atoms with Crippen LogP contribution in [0, 0.1) is 5.92 Å². The summed E-state index contributed by atoms with van der Waals surface area (Å²) in [6.45, 7) is 2.15. The van der Waals surface area contributed by atoms with Crippen molar-refractivity contribution in [1.82, 2.24) is 9.88 Å². The first-order valence-electron chi connectivity index (χ1n) is 10.5. The molecular weight excluding hydrogens is 430 g/mol. The van der Waals surface area contributed by atoms with Crippen molar-refractivity contribution in [2.75, 3.05) is 38.7 Å². The van der Waals surface area contributed by atoms with Crippen molar-refractivity contribution in [3.63, 3.8) is 0 Å². The Morgan fingerprint density at radius 1 is 1.28 bits per heavy atom. The summed E-state index contributed by atoms with van der Waals surface area (Å²) in [7, 11) is -0.147. The van der Waals surface area contributed by atoms with Crippen LogP contribution in [0.15, 0.2) is 40.9 Å². The maximum Gasteiger partial charge on any atom is 0.259 e. The van der Waals surface area contributed by atoms with Crippen LogP contribution < -0.4 is 15.4 Å². The number of carbonyl (C=O) groups is 1. The molecule has 0 saturated carbocycles. The van der Waals surface area contributed by atoms with Crippen LogP contribution in [-0.2, 0) is 15.8 Å². The van der Waals surface area contributed by atoms with E-state index in [0.29, 0.717) is 29.0 Å². The molecule has 0 radical (unpaired) electrons. The molecule has 2 aromatic rings. The number of fused-ring (bicyclic) bond motifs is 1. The van der Waals surface area contributed by atoms with E-state index in [1.165, 1.54) is 4.90 Å². The summed E-state index contributed by atoms with van der Waals surface area (Å²) < 4.78 is 33.5. The van der Waals surface area contributed by atoms with Gasteiger partial charge in [-0.1, -0.05) is 12.1 Å². The number of aromatic nitrogens is 1. The monoisotopic (exact) mass is 457 g/mol. The first-order chi connectivity index (χ1) is 15.2. The van der Waals surface area contributed by atoms with Crippen molar-refractivity contribution in [3.05, 3.63) is 53.2 Å². The molecule has 2 N–H and O–H groups in total. The van der Waals surface area contributed by atoms with E-state index >= 15 is 0 Å². The van der Waals surface area contributed by atoms with Crippen LogP contribution >= 0.6 is 0 Å². The van der Waals surface area contributed by atoms with Crippen molar-refractivity contribution < 1.29 is 17.9 Å². The lowest BCUT2D eigenvalue weighted by Crippen LogP contribution is -2.38. The fraction of sp³-hybridized carbons (Fsp3) is 0.409. The Balaban J connectivity index is 1.42. The quantitative estimate of drug-likeness (QED) is 0.725. The number of nitrogens with zero attached hydrogens (tertiary/aromatic N) is 4. The molecule has 0 bridgehead atoms. The molecule has 1 saturated heterocycles. The van der Waals surface area contributed by atoms with Gasteiger partial charge in [0.05, 0.1) is 23.5 Å². The number of ether oxygens (including phenoxy) is 1. The Bertz CT molecular complexity index is 1150. The summed E-state index contributed by atoms with van der Waals surface area (Å²) in [5.41, 5.74) is 7.67. The zero-order valence-electron chi connectivity index (χ0n) is 18.2. The lowest BCUT2D eigenvalue weighted by Gasteiger charge is -2.33. The van der Waals surface area contributed by atoms with Crippen LogP contribution in [0.25, 0.3) is 0 Å². The summed E-state index contributed by atoms with van der Waals surface area (Å²) >= 11 is 0. The van der Waals surface area contributed by atoms with E-state index in [-0.39, 0.29) is 23.4 Å². The minimum absolute atomic E-state index is 0.0244. The molecule has 1 amide bonds. The fourth-order valence-corrected chi connectivity index (χ4v) is 5.20. The number of carbonyl (C=O) groups excluding carboxylic acids is 1. The molecule has 10 heteroatoms. The maximum atomic E-state index is 12.1. The SMILES string of the molecule is CN(C)C(=O)c1ccc(N2CCC[C@H](COc3cccc4c3C(N)=NS(=O)(=O)C4)C2)nc1.